The average Bonchev–Trinajstić information content (AvgIpc) is 2.02. The highest BCUT2D eigenvalue weighted by molar-refractivity contribution is 8.13. The van der Waals surface area contributed by atoms with Gasteiger partial charge in [-0.2, -0.15) is 0 Å². The Bertz CT molecular complexity index is 402. The SMILES string of the molecule is O=S(=O)(Cl)CC(F)c1ccc(F)cc1. The quantitative estimate of drug-likeness (QED) is 0.761. The number of benzene rings is 1. The second-order valence-electron chi connectivity index (χ2n) is 2.72. The topological polar surface area (TPSA) is 34.1 Å². The van der Waals surface area contributed by atoms with E-state index in [9.17, 15) is 17.2 Å². The molecule has 1 aromatic rings. The molecular weight excluding hydrogens is 234 g/mol. The lowest BCUT2D eigenvalue weighted by atomic mass is 10.1. The number of hydrogen-bond acceptors (Lipinski definition) is 2. The first-order valence-corrected chi connectivity index (χ1v) is 6.18. The van der Waals surface area contributed by atoms with E-state index in [-0.39, 0.29) is 5.56 Å². The van der Waals surface area contributed by atoms with Gasteiger partial charge in [0.25, 0.3) is 0 Å². The molecule has 78 valence electrons. The summed E-state index contributed by atoms with van der Waals surface area (Å²) in [6.45, 7) is 0. The highest BCUT2D eigenvalue weighted by Gasteiger charge is 2.17. The lowest BCUT2D eigenvalue weighted by molar-refractivity contribution is 0.375. The van der Waals surface area contributed by atoms with Crippen LogP contribution in [0.2, 0.25) is 0 Å². The summed E-state index contributed by atoms with van der Waals surface area (Å²) >= 11 is 0. The highest BCUT2D eigenvalue weighted by atomic mass is 35.7. The fraction of sp³-hybridized carbons (Fsp3) is 0.250. The van der Waals surface area contributed by atoms with E-state index in [0.29, 0.717) is 0 Å². The fourth-order valence-electron chi connectivity index (χ4n) is 0.943. The largest absolute Gasteiger partial charge is 0.241 e. The first-order valence-electron chi connectivity index (χ1n) is 3.70. The predicted molar refractivity (Wildman–Crippen MR) is 49.9 cm³/mol. The van der Waals surface area contributed by atoms with Gasteiger partial charge in [-0.3, -0.25) is 0 Å². The molecule has 0 aliphatic heterocycles. The van der Waals surface area contributed by atoms with Crippen molar-refractivity contribution >= 4 is 19.7 Å². The van der Waals surface area contributed by atoms with Crippen LogP contribution in [0.3, 0.4) is 0 Å². The Morgan fingerprint density at radius 1 is 1.29 bits per heavy atom. The molecule has 2 nitrogen and oxygen atoms in total. The van der Waals surface area contributed by atoms with Crippen molar-refractivity contribution in [2.45, 2.75) is 6.17 Å². The zero-order chi connectivity index (χ0) is 10.8. The lowest BCUT2D eigenvalue weighted by Gasteiger charge is -2.05. The molecule has 14 heavy (non-hydrogen) atoms. The van der Waals surface area contributed by atoms with Gasteiger partial charge in [-0.15, -0.1) is 0 Å². The third-order valence-electron chi connectivity index (χ3n) is 1.58. The first kappa shape index (κ1) is 11.4. The van der Waals surface area contributed by atoms with Gasteiger partial charge in [0, 0.05) is 10.7 Å². The second kappa shape index (κ2) is 4.23. The van der Waals surface area contributed by atoms with Gasteiger partial charge in [-0.1, -0.05) is 12.1 Å². The van der Waals surface area contributed by atoms with Crippen LogP contribution in [0.1, 0.15) is 11.7 Å². The molecular formula is C8H7ClF2O2S. The van der Waals surface area contributed by atoms with Gasteiger partial charge in [-0.25, -0.2) is 17.2 Å². The summed E-state index contributed by atoms with van der Waals surface area (Å²) in [5, 5.41) is 0. The van der Waals surface area contributed by atoms with Crippen LogP contribution in [0.25, 0.3) is 0 Å². The average molecular weight is 241 g/mol. The first-order chi connectivity index (χ1) is 6.38. The van der Waals surface area contributed by atoms with Gasteiger partial charge in [-0.05, 0) is 17.7 Å². The molecule has 1 unspecified atom stereocenters. The summed E-state index contributed by atoms with van der Waals surface area (Å²) in [5.41, 5.74) is 0.0932. The van der Waals surface area contributed by atoms with Crippen LogP contribution in [0.4, 0.5) is 8.78 Å². The van der Waals surface area contributed by atoms with E-state index in [1.54, 1.807) is 0 Å². The normalized spacial score (nSPS) is 13.9. The maximum absolute atomic E-state index is 13.2. The van der Waals surface area contributed by atoms with E-state index >= 15 is 0 Å². The van der Waals surface area contributed by atoms with Crippen LogP contribution < -0.4 is 0 Å². The molecule has 0 saturated carbocycles. The number of hydrogen-bond donors (Lipinski definition) is 0. The van der Waals surface area contributed by atoms with Gasteiger partial charge >= 0.3 is 0 Å². The minimum Gasteiger partial charge on any atom is -0.241 e. The molecule has 0 heterocycles. The minimum absolute atomic E-state index is 0.0932. The Morgan fingerprint density at radius 3 is 2.21 bits per heavy atom. The van der Waals surface area contributed by atoms with Crippen LogP contribution in [0, 0.1) is 5.82 Å². The lowest BCUT2D eigenvalue weighted by Crippen LogP contribution is -2.05. The van der Waals surface area contributed by atoms with Gasteiger partial charge < -0.3 is 0 Å². The third-order valence-corrected chi connectivity index (χ3v) is 2.65. The zero-order valence-electron chi connectivity index (χ0n) is 6.95. The maximum atomic E-state index is 13.2. The van der Waals surface area contributed by atoms with E-state index in [2.05, 4.69) is 0 Å². The highest BCUT2D eigenvalue weighted by Crippen LogP contribution is 2.20. The molecule has 1 aromatic carbocycles. The van der Waals surface area contributed by atoms with Crippen LogP contribution in [-0.4, -0.2) is 14.2 Å². The van der Waals surface area contributed by atoms with Gasteiger partial charge in [0.05, 0.1) is 0 Å². The summed E-state index contributed by atoms with van der Waals surface area (Å²) in [6.07, 6.45) is -1.72. The molecule has 0 N–H and O–H groups in total. The Morgan fingerprint density at radius 2 is 1.79 bits per heavy atom. The number of halogens is 3. The smallest absolute Gasteiger partial charge is 0.235 e. The Hall–Kier alpha value is -0.680. The summed E-state index contributed by atoms with van der Waals surface area (Å²) in [4.78, 5) is 0. The molecule has 1 atom stereocenters. The minimum atomic E-state index is -3.88. The monoisotopic (exact) mass is 240 g/mol. The fourth-order valence-corrected chi connectivity index (χ4v) is 1.82. The van der Waals surface area contributed by atoms with Crippen LogP contribution in [0.5, 0.6) is 0 Å². The summed E-state index contributed by atoms with van der Waals surface area (Å²) in [7, 11) is 0.989. The number of alkyl halides is 1. The van der Waals surface area contributed by atoms with Crippen molar-refractivity contribution in [3.8, 4) is 0 Å². The summed E-state index contributed by atoms with van der Waals surface area (Å²) < 4.78 is 46.7. The molecule has 1 rings (SSSR count). The molecule has 0 radical (unpaired) electrons. The second-order valence-corrected chi connectivity index (χ2v) is 5.55. The Kier molecular flexibility index (Phi) is 3.44. The molecule has 0 aliphatic carbocycles. The van der Waals surface area contributed by atoms with Crippen molar-refractivity contribution < 1.29 is 17.2 Å². The van der Waals surface area contributed by atoms with E-state index in [4.69, 9.17) is 10.7 Å². The number of rotatable bonds is 3. The van der Waals surface area contributed by atoms with Crippen molar-refractivity contribution in [1.29, 1.82) is 0 Å². The van der Waals surface area contributed by atoms with Crippen LogP contribution >= 0.6 is 10.7 Å². The summed E-state index contributed by atoms with van der Waals surface area (Å²) in [5.74, 6) is -1.31. The van der Waals surface area contributed by atoms with Crippen molar-refractivity contribution in [3.05, 3.63) is 35.6 Å². The van der Waals surface area contributed by atoms with Crippen LogP contribution in [-0.2, 0) is 9.05 Å². The molecule has 0 aromatic heterocycles. The van der Waals surface area contributed by atoms with Gasteiger partial charge in [0.1, 0.15) is 17.7 Å². The van der Waals surface area contributed by atoms with E-state index in [1.807, 2.05) is 0 Å². The molecule has 0 bridgehead atoms. The van der Waals surface area contributed by atoms with Crippen LogP contribution in [0.15, 0.2) is 24.3 Å². The van der Waals surface area contributed by atoms with E-state index < -0.39 is 26.8 Å². The Balaban J connectivity index is 2.80. The van der Waals surface area contributed by atoms with Gasteiger partial charge in [0.2, 0.25) is 9.05 Å². The Labute approximate surface area is 84.9 Å². The molecule has 0 aliphatic rings. The summed E-state index contributed by atoms with van der Waals surface area (Å²) in [6, 6.07) is 4.48. The predicted octanol–water partition coefficient (Wildman–Crippen LogP) is 2.40. The van der Waals surface area contributed by atoms with Crippen molar-refractivity contribution in [1.82, 2.24) is 0 Å². The van der Waals surface area contributed by atoms with Crippen molar-refractivity contribution in [3.63, 3.8) is 0 Å². The van der Waals surface area contributed by atoms with Gasteiger partial charge in [0.15, 0.2) is 0 Å². The molecule has 0 fully saturated rings. The third kappa shape index (κ3) is 3.59. The van der Waals surface area contributed by atoms with Crippen molar-refractivity contribution in [2.75, 3.05) is 5.75 Å². The molecule has 0 spiro atoms. The molecule has 0 saturated heterocycles. The zero-order valence-corrected chi connectivity index (χ0v) is 8.52. The standard InChI is InChI=1S/C8H7ClF2O2S/c9-14(12,13)5-8(11)6-1-3-7(10)4-2-6/h1-4,8H,5H2. The van der Waals surface area contributed by atoms with E-state index in [1.165, 1.54) is 12.1 Å². The van der Waals surface area contributed by atoms with Crippen molar-refractivity contribution in [2.24, 2.45) is 0 Å². The molecule has 6 heteroatoms. The van der Waals surface area contributed by atoms with E-state index in [0.717, 1.165) is 12.1 Å². The maximum Gasteiger partial charge on any atom is 0.235 e. The molecule has 0 amide bonds.